The van der Waals surface area contributed by atoms with E-state index in [9.17, 15) is 9.18 Å². The zero-order chi connectivity index (χ0) is 11.4. The standard InChI is InChI=1S/C11H13ClFNO/c1-7(2)6-14-11(15)8-4-3-5-9(12)10(8)13/h3-5,7H,6H2,1-2H3,(H,14,15). The highest BCUT2D eigenvalue weighted by Gasteiger charge is 2.13. The Hall–Kier alpha value is -1.09. The highest BCUT2D eigenvalue weighted by Crippen LogP contribution is 2.17. The van der Waals surface area contributed by atoms with Crippen molar-refractivity contribution in [3.63, 3.8) is 0 Å². The topological polar surface area (TPSA) is 29.1 Å². The van der Waals surface area contributed by atoms with Crippen LogP contribution in [0.15, 0.2) is 18.2 Å². The van der Waals surface area contributed by atoms with Gasteiger partial charge in [-0.25, -0.2) is 4.39 Å². The van der Waals surface area contributed by atoms with E-state index in [0.717, 1.165) is 0 Å². The van der Waals surface area contributed by atoms with Gasteiger partial charge in [0.25, 0.3) is 5.91 Å². The predicted octanol–water partition coefficient (Wildman–Crippen LogP) is 2.86. The Kier molecular flexibility index (Phi) is 4.09. The average molecular weight is 230 g/mol. The van der Waals surface area contributed by atoms with Gasteiger partial charge in [0.1, 0.15) is 0 Å². The number of benzene rings is 1. The molecule has 0 spiro atoms. The molecule has 0 aromatic heterocycles. The summed E-state index contributed by atoms with van der Waals surface area (Å²) in [7, 11) is 0. The van der Waals surface area contributed by atoms with Crippen molar-refractivity contribution in [2.45, 2.75) is 13.8 Å². The summed E-state index contributed by atoms with van der Waals surface area (Å²) in [6.07, 6.45) is 0. The molecule has 0 saturated carbocycles. The van der Waals surface area contributed by atoms with E-state index in [1.165, 1.54) is 12.1 Å². The minimum Gasteiger partial charge on any atom is -0.352 e. The van der Waals surface area contributed by atoms with Gasteiger partial charge >= 0.3 is 0 Å². The molecular weight excluding hydrogens is 217 g/mol. The van der Waals surface area contributed by atoms with Crippen LogP contribution >= 0.6 is 11.6 Å². The Morgan fingerprint density at radius 1 is 1.53 bits per heavy atom. The van der Waals surface area contributed by atoms with Crippen LogP contribution in [-0.4, -0.2) is 12.5 Å². The quantitative estimate of drug-likeness (QED) is 0.849. The molecule has 0 heterocycles. The van der Waals surface area contributed by atoms with E-state index < -0.39 is 11.7 Å². The summed E-state index contributed by atoms with van der Waals surface area (Å²) in [5.41, 5.74) is -0.0110. The lowest BCUT2D eigenvalue weighted by Gasteiger charge is -2.08. The van der Waals surface area contributed by atoms with Crippen LogP contribution in [0.2, 0.25) is 5.02 Å². The van der Waals surface area contributed by atoms with Gasteiger partial charge in [-0.1, -0.05) is 31.5 Å². The Labute approximate surface area is 93.4 Å². The third-order valence-electron chi connectivity index (χ3n) is 1.87. The van der Waals surface area contributed by atoms with E-state index in [4.69, 9.17) is 11.6 Å². The molecule has 82 valence electrons. The van der Waals surface area contributed by atoms with E-state index >= 15 is 0 Å². The third kappa shape index (κ3) is 3.20. The fourth-order valence-electron chi connectivity index (χ4n) is 1.07. The van der Waals surface area contributed by atoms with Crippen LogP contribution in [0, 0.1) is 11.7 Å². The lowest BCUT2D eigenvalue weighted by atomic mass is 10.2. The van der Waals surface area contributed by atoms with Gasteiger partial charge in [-0.3, -0.25) is 4.79 Å². The summed E-state index contributed by atoms with van der Waals surface area (Å²) < 4.78 is 13.4. The number of rotatable bonds is 3. The maximum atomic E-state index is 13.4. The Balaban J connectivity index is 2.78. The molecule has 4 heteroatoms. The van der Waals surface area contributed by atoms with Crippen molar-refractivity contribution in [3.05, 3.63) is 34.6 Å². The zero-order valence-electron chi connectivity index (χ0n) is 8.68. The van der Waals surface area contributed by atoms with Gasteiger partial charge in [0.2, 0.25) is 0 Å². The van der Waals surface area contributed by atoms with Crippen LogP contribution < -0.4 is 5.32 Å². The third-order valence-corrected chi connectivity index (χ3v) is 2.16. The number of carbonyl (C=O) groups is 1. The normalized spacial score (nSPS) is 10.5. The van der Waals surface area contributed by atoms with Crippen molar-refractivity contribution in [1.29, 1.82) is 0 Å². The number of carbonyl (C=O) groups excluding carboxylic acids is 1. The van der Waals surface area contributed by atoms with E-state index in [1.54, 1.807) is 6.07 Å². The van der Waals surface area contributed by atoms with Gasteiger partial charge in [-0.2, -0.15) is 0 Å². The van der Waals surface area contributed by atoms with Gasteiger partial charge in [0, 0.05) is 6.54 Å². The molecule has 0 aliphatic rings. The SMILES string of the molecule is CC(C)CNC(=O)c1cccc(Cl)c1F. The second-order valence-corrected chi connectivity index (χ2v) is 4.11. The monoisotopic (exact) mass is 229 g/mol. The minimum atomic E-state index is -0.666. The molecule has 1 aromatic carbocycles. The molecule has 1 N–H and O–H groups in total. The van der Waals surface area contributed by atoms with Crippen molar-refractivity contribution in [3.8, 4) is 0 Å². The van der Waals surface area contributed by atoms with Gasteiger partial charge in [0.05, 0.1) is 10.6 Å². The van der Waals surface area contributed by atoms with E-state index in [0.29, 0.717) is 12.5 Å². The molecule has 0 unspecified atom stereocenters. The lowest BCUT2D eigenvalue weighted by molar-refractivity contribution is 0.0945. The van der Waals surface area contributed by atoms with Gasteiger partial charge < -0.3 is 5.32 Å². The number of halogens is 2. The largest absolute Gasteiger partial charge is 0.352 e. The summed E-state index contributed by atoms with van der Waals surface area (Å²) in [5, 5.41) is 2.59. The van der Waals surface area contributed by atoms with Crippen LogP contribution in [0.25, 0.3) is 0 Å². The number of amides is 1. The predicted molar refractivity (Wildman–Crippen MR) is 58.6 cm³/mol. The summed E-state index contributed by atoms with van der Waals surface area (Å²) in [6.45, 7) is 4.45. The Morgan fingerprint density at radius 2 is 2.20 bits per heavy atom. The first kappa shape index (κ1) is 12.0. The first-order valence-corrected chi connectivity index (χ1v) is 5.12. The fraction of sp³-hybridized carbons (Fsp3) is 0.364. The number of hydrogen-bond donors (Lipinski definition) is 1. The molecule has 0 saturated heterocycles. The summed E-state index contributed by atoms with van der Waals surface area (Å²) in [6, 6.07) is 4.38. The molecule has 1 amide bonds. The summed E-state index contributed by atoms with van der Waals surface area (Å²) in [5.74, 6) is -0.764. The summed E-state index contributed by atoms with van der Waals surface area (Å²) >= 11 is 5.57. The maximum absolute atomic E-state index is 13.4. The van der Waals surface area contributed by atoms with Crippen LogP contribution in [0.4, 0.5) is 4.39 Å². The first-order chi connectivity index (χ1) is 7.02. The molecule has 15 heavy (non-hydrogen) atoms. The molecule has 0 radical (unpaired) electrons. The molecule has 0 aliphatic heterocycles. The Bertz CT molecular complexity index is 366. The van der Waals surface area contributed by atoms with Crippen molar-refractivity contribution in [2.24, 2.45) is 5.92 Å². The maximum Gasteiger partial charge on any atom is 0.254 e. The molecule has 0 bridgehead atoms. The average Bonchev–Trinajstić information content (AvgIpc) is 2.18. The second kappa shape index (κ2) is 5.12. The summed E-state index contributed by atoms with van der Waals surface area (Å²) in [4.78, 5) is 11.5. The fourth-order valence-corrected chi connectivity index (χ4v) is 1.25. The molecule has 0 atom stereocenters. The molecule has 1 aromatic rings. The highest BCUT2D eigenvalue weighted by atomic mass is 35.5. The van der Waals surface area contributed by atoms with Gasteiger partial charge in [0.15, 0.2) is 5.82 Å². The van der Waals surface area contributed by atoms with Gasteiger partial charge in [-0.05, 0) is 18.1 Å². The zero-order valence-corrected chi connectivity index (χ0v) is 9.44. The number of hydrogen-bond acceptors (Lipinski definition) is 1. The van der Waals surface area contributed by atoms with Crippen molar-refractivity contribution < 1.29 is 9.18 Å². The molecule has 0 fully saturated rings. The van der Waals surface area contributed by atoms with Crippen molar-refractivity contribution >= 4 is 17.5 Å². The van der Waals surface area contributed by atoms with Crippen LogP contribution in [0.3, 0.4) is 0 Å². The van der Waals surface area contributed by atoms with E-state index in [-0.39, 0.29) is 10.6 Å². The molecule has 2 nitrogen and oxygen atoms in total. The highest BCUT2D eigenvalue weighted by molar-refractivity contribution is 6.31. The van der Waals surface area contributed by atoms with Crippen molar-refractivity contribution in [2.75, 3.05) is 6.54 Å². The first-order valence-electron chi connectivity index (χ1n) is 4.74. The molecule has 0 aliphatic carbocycles. The van der Waals surface area contributed by atoms with E-state index in [2.05, 4.69) is 5.32 Å². The molecular formula is C11H13ClFNO. The molecule has 1 rings (SSSR count). The van der Waals surface area contributed by atoms with Crippen molar-refractivity contribution in [1.82, 2.24) is 5.32 Å². The lowest BCUT2D eigenvalue weighted by Crippen LogP contribution is -2.28. The second-order valence-electron chi connectivity index (χ2n) is 3.71. The van der Waals surface area contributed by atoms with Crippen LogP contribution in [0.1, 0.15) is 24.2 Å². The smallest absolute Gasteiger partial charge is 0.254 e. The Morgan fingerprint density at radius 3 is 2.80 bits per heavy atom. The minimum absolute atomic E-state index is 0.0110. The van der Waals surface area contributed by atoms with Crippen LogP contribution in [0.5, 0.6) is 0 Å². The van der Waals surface area contributed by atoms with E-state index in [1.807, 2.05) is 13.8 Å². The van der Waals surface area contributed by atoms with Crippen LogP contribution in [-0.2, 0) is 0 Å². The van der Waals surface area contributed by atoms with Gasteiger partial charge in [-0.15, -0.1) is 0 Å². The number of nitrogens with one attached hydrogen (secondary N) is 1.